The Morgan fingerprint density at radius 2 is 1.86 bits per heavy atom. The topological polar surface area (TPSA) is 87.9 Å². The van der Waals surface area contributed by atoms with E-state index in [1.165, 1.54) is 29.8 Å². The number of likely N-dealkylation sites (tertiary alicyclic amines) is 1. The highest BCUT2D eigenvalue weighted by Crippen LogP contribution is 2.26. The normalized spacial score (nSPS) is 20.4. The third-order valence-corrected chi connectivity index (χ3v) is 7.41. The summed E-state index contributed by atoms with van der Waals surface area (Å²) in [5.41, 5.74) is 0. The quantitative estimate of drug-likeness (QED) is 0.735. The van der Waals surface area contributed by atoms with Crippen LogP contribution in [0.15, 0.2) is 46.0 Å². The number of hydrogen-bond donors (Lipinski definition) is 1. The molecule has 4 heterocycles. The molecule has 2 aromatic rings. The van der Waals surface area contributed by atoms with Crippen LogP contribution < -0.4 is 5.32 Å². The molecule has 2 aromatic heterocycles. The third kappa shape index (κ3) is 4.80. The number of nitrogens with zero attached hydrogens (tertiary/aromatic N) is 3. The lowest BCUT2D eigenvalue weighted by Crippen LogP contribution is -2.40. The first-order valence-corrected chi connectivity index (χ1v) is 11.6. The molecule has 0 aromatic carbocycles. The predicted molar refractivity (Wildman–Crippen MR) is 109 cm³/mol. The van der Waals surface area contributed by atoms with Crippen molar-refractivity contribution < 1.29 is 17.6 Å². The molecule has 0 radical (unpaired) electrons. The summed E-state index contributed by atoms with van der Waals surface area (Å²) in [6, 6.07) is 7.39. The average Bonchev–Trinajstić information content (AvgIpc) is 3.30. The van der Waals surface area contributed by atoms with Gasteiger partial charge in [-0.25, -0.2) is 13.4 Å². The van der Waals surface area contributed by atoms with Crippen molar-refractivity contribution in [2.75, 3.05) is 51.3 Å². The molecule has 1 atom stereocenters. The monoisotopic (exact) mass is 420 g/mol. The van der Waals surface area contributed by atoms with Crippen molar-refractivity contribution >= 4 is 15.8 Å². The molecule has 0 spiro atoms. The van der Waals surface area contributed by atoms with E-state index in [-0.39, 0.29) is 10.9 Å². The van der Waals surface area contributed by atoms with Crippen LogP contribution >= 0.6 is 0 Å². The van der Waals surface area contributed by atoms with Crippen molar-refractivity contribution in [3.8, 4) is 0 Å². The van der Waals surface area contributed by atoms with E-state index < -0.39 is 10.0 Å². The van der Waals surface area contributed by atoms with Crippen LogP contribution in [0.25, 0.3) is 0 Å². The zero-order valence-corrected chi connectivity index (χ0v) is 17.3. The molecular formula is C20H28N4O4S. The fourth-order valence-electron chi connectivity index (χ4n) is 3.90. The summed E-state index contributed by atoms with van der Waals surface area (Å²) in [6.45, 7) is 4.37. The number of aromatic nitrogens is 1. The second kappa shape index (κ2) is 9.25. The maximum absolute atomic E-state index is 12.7. The van der Waals surface area contributed by atoms with Gasteiger partial charge in [-0.2, -0.15) is 4.31 Å². The third-order valence-electron chi connectivity index (χ3n) is 5.52. The summed E-state index contributed by atoms with van der Waals surface area (Å²) >= 11 is 0. The zero-order chi connectivity index (χ0) is 20.1. The van der Waals surface area contributed by atoms with Gasteiger partial charge < -0.3 is 14.5 Å². The molecule has 1 unspecified atom stereocenters. The largest absolute Gasteiger partial charge is 0.468 e. The molecule has 2 aliphatic rings. The van der Waals surface area contributed by atoms with Crippen LogP contribution in [0.2, 0.25) is 0 Å². The number of rotatable bonds is 7. The minimum absolute atomic E-state index is 0.129. The molecule has 0 saturated carbocycles. The van der Waals surface area contributed by atoms with Crippen LogP contribution in [0.5, 0.6) is 0 Å². The molecule has 2 aliphatic heterocycles. The molecule has 2 saturated heterocycles. The fourth-order valence-corrected chi connectivity index (χ4v) is 5.25. The van der Waals surface area contributed by atoms with Gasteiger partial charge >= 0.3 is 0 Å². The van der Waals surface area contributed by atoms with Gasteiger partial charge in [-0.15, -0.1) is 0 Å². The van der Waals surface area contributed by atoms with Gasteiger partial charge in [0.15, 0.2) is 0 Å². The summed E-state index contributed by atoms with van der Waals surface area (Å²) < 4.78 is 37.8. The molecule has 8 nitrogen and oxygen atoms in total. The zero-order valence-electron chi connectivity index (χ0n) is 16.5. The maximum atomic E-state index is 12.7. The van der Waals surface area contributed by atoms with Crippen molar-refractivity contribution in [2.45, 2.75) is 30.2 Å². The van der Waals surface area contributed by atoms with E-state index in [4.69, 9.17) is 9.15 Å². The fraction of sp³-hybridized carbons (Fsp3) is 0.550. The smallest absolute Gasteiger partial charge is 0.244 e. The SMILES string of the molecule is O=S(=O)(c1ccc(NCC(c2ccco2)N2CCCCC2)nc1)N1CCOCC1. The summed E-state index contributed by atoms with van der Waals surface area (Å²) in [7, 11) is -3.52. The van der Waals surface area contributed by atoms with Gasteiger partial charge in [-0.1, -0.05) is 6.42 Å². The van der Waals surface area contributed by atoms with Crippen LogP contribution in [-0.4, -0.2) is 68.5 Å². The minimum atomic E-state index is -3.52. The van der Waals surface area contributed by atoms with Gasteiger partial charge in [0.25, 0.3) is 0 Å². The molecule has 9 heteroatoms. The summed E-state index contributed by atoms with van der Waals surface area (Å²) in [4.78, 5) is 6.99. The van der Waals surface area contributed by atoms with E-state index in [2.05, 4.69) is 15.2 Å². The maximum Gasteiger partial charge on any atom is 0.244 e. The van der Waals surface area contributed by atoms with Crippen molar-refractivity contribution in [3.05, 3.63) is 42.5 Å². The Morgan fingerprint density at radius 3 is 2.52 bits per heavy atom. The number of pyridine rings is 1. The van der Waals surface area contributed by atoms with Crippen LogP contribution in [0.3, 0.4) is 0 Å². The number of anilines is 1. The average molecular weight is 421 g/mol. The van der Waals surface area contributed by atoms with Crippen LogP contribution in [-0.2, 0) is 14.8 Å². The Bertz CT molecular complexity index is 858. The number of morpholine rings is 1. The first kappa shape index (κ1) is 20.3. The lowest BCUT2D eigenvalue weighted by atomic mass is 10.1. The standard InChI is InChI=1S/C20H28N4O4S/c25-29(26,24-10-13-27-14-11-24)17-6-7-20(21-15-17)22-16-18(19-5-4-12-28-19)23-8-2-1-3-9-23/h4-7,12,15,18H,1-3,8-11,13-14,16H2,(H,21,22). The van der Waals surface area contributed by atoms with Crippen molar-refractivity contribution in [3.63, 3.8) is 0 Å². The molecule has 2 fully saturated rings. The van der Waals surface area contributed by atoms with Gasteiger partial charge in [-0.05, 0) is 50.2 Å². The molecule has 158 valence electrons. The van der Waals surface area contributed by atoms with E-state index in [1.807, 2.05) is 12.1 Å². The molecule has 1 N–H and O–H groups in total. The predicted octanol–water partition coefficient (Wildman–Crippen LogP) is 2.33. The van der Waals surface area contributed by atoms with Gasteiger partial charge in [0, 0.05) is 25.8 Å². The van der Waals surface area contributed by atoms with Crippen molar-refractivity contribution in [1.82, 2.24) is 14.2 Å². The van der Waals surface area contributed by atoms with Crippen molar-refractivity contribution in [1.29, 1.82) is 0 Å². The van der Waals surface area contributed by atoms with Gasteiger partial charge in [0.2, 0.25) is 10.0 Å². The van der Waals surface area contributed by atoms with E-state index in [9.17, 15) is 8.42 Å². The molecule has 4 rings (SSSR count). The van der Waals surface area contributed by atoms with Gasteiger partial charge in [-0.3, -0.25) is 4.90 Å². The number of nitrogens with one attached hydrogen (secondary N) is 1. The number of hydrogen-bond acceptors (Lipinski definition) is 7. The van der Waals surface area contributed by atoms with Crippen LogP contribution in [0.4, 0.5) is 5.82 Å². The Hall–Kier alpha value is -1.94. The summed E-state index contributed by atoms with van der Waals surface area (Å²) in [5, 5.41) is 3.35. The first-order valence-electron chi connectivity index (χ1n) is 10.2. The first-order chi connectivity index (χ1) is 14.1. The Morgan fingerprint density at radius 1 is 1.07 bits per heavy atom. The van der Waals surface area contributed by atoms with Crippen molar-refractivity contribution in [2.24, 2.45) is 0 Å². The Balaban J connectivity index is 1.42. The summed E-state index contributed by atoms with van der Waals surface area (Å²) in [6.07, 6.45) is 6.80. The minimum Gasteiger partial charge on any atom is -0.468 e. The number of ether oxygens (including phenoxy) is 1. The molecule has 0 bridgehead atoms. The van der Waals surface area contributed by atoms with E-state index in [0.717, 1.165) is 18.8 Å². The second-order valence-corrected chi connectivity index (χ2v) is 9.34. The highest BCUT2D eigenvalue weighted by Gasteiger charge is 2.27. The molecule has 0 aliphatic carbocycles. The molecule has 29 heavy (non-hydrogen) atoms. The van der Waals surface area contributed by atoms with Gasteiger partial charge in [0.1, 0.15) is 16.5 Å². The highest BCUT2D eigenvalue weighted by atomic mass is 32.2. The van der Waals surface area contributed by atoms with E-state index in [1.54, 1.807) is 18.4 Å². The lowest BCUT2D eigenvalue weighted by molar-refractivity contribution is 0.0730. The second-order valence-electron chi connectivity index (χ2n) is 7.40. The Kier molecular flexibility index (Phi) is 6.49. The van der Waals surface area contributed by atoms with Gasteiger partial charge in [0.05, 0.1) is 25.5 Å². The van der Waals surface area contributed by atoms with E-state index in [0.29, 0.717) is 38.7 Å². The molecule has 0 amide bonds. The highest BCUT2D eigenvalue weighted by molar-refractivity contribution is 7.89. The Labute approximate surface area is 171 Å². The number of piperidine rings is 1. The van der Waals surface area contributed by atoms with Crippen LogP contribution in [0, 0.1) is 0 Å². The lowest BCUT2D eigenvalue weighted by Gasteiger charge is -2.33. The van der Waals surface area contributed by atoms with Crippen LogP contribution in [0.1, 0.15) is 31.1 Å². The van der Waals surface area contributed by atoms with E-state index >= 15 is 0 Å². The number of sulfonamides is 1. The number of furan rings is 1. The molecular weight excluding hydrogens is 392 g/mol. The summed E-state index contributed by atoms with van der Waals surface area (Å²) in [5.74, 6) is 1.59.